The summed E-state index contributed by atoms with van der Waals surface area (Å²) in [5.41, 5.74) is 2.82. The normalized spacial score (nSPS) is 14.2. The fourth-order valence-corrected chi connectivity index (χ4v) is 4.65. The average molecular weight is 507 g/mol. The van der Waals surface area contributed by atoms with Crippen molar-refractivity contribution in [3.05, 3.63) is 71.2 Å². The van der Waals surface area contributed by atoms with Crippen LogP contribution in [0.3, 0.4) is 0 Å². The molecular formula is C26H30N6O3S. The number of nitrogens with zero attached hydrogens (tertiary/aromatic N) is 5. The highest BCUT2D eigenvalue weighted by Gasteiger charge is 2.26. The Hall–Kier alpha value is -3.71. The minimum Gasteiger partial charge on any atom is -0.487 e. The number of hydrogen-bond donors (Lipinski definition) is 1. The molecule has 188 valence electrons. The van der Waals surface area contributed by atoms with Crippen molar-refractivity contribution in [1.29, 1.82) is 5.26 Å². The number of rotatable bonds is 8. The van der Waals surface area contributed by atoms with E-state index in [4.69, 9.17) is 9.72 Å². The number of nitriles is 1. The molecule has 1 fully saturated rings. The van der Waals surface area contributed by atoms with Crippen LogP contribution in [0.1, 0.15) is 55.5 Å². The maximum Gasteiger partial charge on any atom is 0.236 e. The van der Waals surface area contributed by atoms with Crippen LogP contribution in [0.15, 0.2) is 48.8 Å². The van der Waals surface area contributed by atoms with Gasteiger partial charge in [0.25, 0.3) is 0 Å². The summed E-state index contributed by atoms with van der Waals surface area (Å²) >= 11 is 0. The number of nitrogens with one attached hydrogen (secondary N) is 1. The highest BCUT2D eigenvalue weighted by molar-refractivity contribution is 7.91. The average Bonchev–Trinajstić information content (AvgIpc) is 2.87. The third kappa shape index (κ3) is 6.10. The van der Waals surface area contributed by atoms with Gasteiger partial charge in [0.15, 0.2) is 0 Å². The topological polar surface area (TPSA) is 121 Å². The molecular weight excluding hydrogens is 476 g/mol. The zero-order chi connectivity index (χ0) is 25.8. The maximum atomic E-state index is 11.4. The molecule has 1 aliphatic heterocycles. The van der Waals surface area contributed by atoms with E-state index in [1.165, 1.54) is 12.6 Å². The molecule has 3 heterocycles. The molecule has 2 aromatic heterocycles. The van der Waals surface area contributed by atoms with Crippen LogP contribution in [-0.2, 0) is 22.0 Å². The molecule has 1 aromatic carbocycles. The molecule has 0 unspecified atom stereocenters. The van der Waals surface area contributed by atoms with Crippen LogP contribution in [0.5, 0.6) is 5.75 Å². The van der Waals surface area contributed by atoms with Crippen molar-refractivity contribution in [3.63, 3.8) is 0 Å². The number of piperidine rings is 1. The number of sulfonamides is 1. The molecule has 0 saturated carbocycles. The van der Waals surface area contributed by atoms with Crippen LogP contribution in [0.4, 0.5) is 11.8 Å². The van der Waals surface area contributed by atoms with Crippen molar-refractivity contribution in [2.24, 2.45) is 0 Å². The van der Waals surface area contributed by atoms with Crippen molar-refractivity contribution < 1.29 is 13.2 Å². The third-order valence-corrected chi connectivity index (χ3v) is 6.87. The maximum absolute atomic E-state index is 11.4. The van der Waals surface area contributed by atoms with E-state index in [1.54, 1.807) is 6.07 Å². The summed E-state index contributed by atoms with van der Waals surface area (Å²) in [6.45, 7) is 6.27. The monoisotopic (exact) mass is 506 g/mol. The van der Waals surface area contributed by atoms with Gasteiger partial charge in [-0.05, 0) is 54.7 Å². The van der Waals surface area contributed by atoms with Crippen molar-refractivity contribution in [2.75, 3.05) is 29.0 Å². The van der Waals surface area contributed by atoms with Crippen LogP contribution in [0.25, 0.3) is 0 Å². The van der Waals surface area contributed by atoms with Gasteiger partial charge in [0, 0.05) is 30.9 Å². The predicted molar refractivity (Wildman–Crippen MR) is 138 cm³/mol. The number of ether oxygens (including phenoxy) is 1. The molecule has 0 aliphatic carbocycles. The van der Waals surface area contributed by atoms with E-state index < -0.39 is 10.0 Å². The predicted octanol–water partition coefficient (Wildman–Crippen LogP) is 4.01. The standard InChI is InChI=1S/C26H30N6O3S/c1-26(2,21-15-19(16-27)24(29-17-21)32-13-5-4-6-14-32)20-7-9-23(10-8-20)35-18-22-11-12-28-25(30-22)31-36(3,33)34/h7-12,15,17H,4-6,13-14,18H2,1-3H3,(H,28,30,31). The second kappa shape index (κ2) is 10.5. The molecule has 0 bridgehead atoms. The molecule has 0 atom stereocenters. The Morgan fingerprint density at radius 1 is 1.08 bits per heavy atom. The van der Waals surface area contributed by atoms with Gasteiger partial charge < -0.3 is 9.64 Å². The first-order valence-corrected chi connectivity index (χ1v) is 13.7. The Labute approximate surface area is 212 Å². The van der Waals surface area contributed by atoms with E-state index in [9.17, 15) is 13.7 Å². The Morgan fingerprint density at radius 2 is 1.81 bits per heavy atom. The molecule has 1 aliphatic rings. The molecule has 1 saturated heterocycles. The van der Waals surface area contributed by atoms with E-state index in [2.05, 4.69) is 39.5 Å². The van der Waals surface area contributed by atoms with Gasteiger partial charge in [-0.1, -0.05) is 26.0 Å². The smallest absolute Gasteiger partial charge is 0.236 e. The van der Waals surface area contributed by atoms with Crippen LogP contribution in [0, 0.1) is 11.3 Å². The highest BCUT2D eigenvalue weighted by Crippen LogP contribution is 2.34. The third-order valence-electron chi connectivity index (χ3n) is 6.32. The Kier molecular flexibility index (Phi) is 7.40. The summed E-state index contributed by atoms with van der Waals surface area (Å²) in [5, 5.41) is 9.80. The molecule has 1 N–H and O–H groups in total. The van der Waals surface area contributed by atoms with Gasteiger partial charge in [0.2, 0.25) is 16.0 Å². The van der Waals surface area contributed by atoms with Gasteiger partial charge in [0.05, 0.1) is 17.5 Å². The van der Waals surface area contributed by atoms with Crippen molar-refractivity contribution in [1.82, 2.24) is 15.0 Å². The molecule has 0 radical (unpaired) electrons. The van der Waals surface area contributed by atoms with Crippen molar-refractivity contribution in [2.45, 2.75) is 45.1 Å². The summed E-state index contributed by atoms with van der Waals surface area (Å²) in [7, 11) is -3.46. The molecule has 3 aromatic rings. The van der Waals surface area contributed by atoms with Gasteiger partial charge in [-0.15, -0.1) is 0 Å². The van der Waals surface area contributed by atoms with Gasteiger partial charge in [-0.2, -0.15) is 5.26 Å². The molecule has 0 spiro atoms. The van der Waals surface area contributed by atoms with Crippen LogP contribution >= 0.6 is 0 Å². The number of benzene rings is 1. The zero-order valence-corrected chi connectivity index (χ0v) is 21.5. The lowest BCUT2D eigenvalue weighted by Crippen LogP contribution is -2.31. The molecule has 10 heteroatoms. The van der Waals surface area contributed by atoms with Crippen LogP contribution < -0.4 is 14.4 Å². The van der Waals surface area contributed by atoms with E-state index in [0.717, 1.165) is 49.1 Å². The number of pyridine rings is 1. The Morgan fingerprint density at radius 3 is 2.47 bits per heavy atom. The first-order chi connectivity index (χ1) is 17.2. The number of hydrogen-bond acceptors (Lipinski definition) is 8. The minimum absolute atomic E-state index is 0.00681. The van der Waals surface area contributed by atoms with Gasteiger partial charge >= 0.3 is 0 Å². The Bertz CT molecular complexity index is 1360. The lowest BCUT2D eigenvalue weighted by Gasteiger charge is -2.30. The van der Waals surface area contributed by atoms with Gasteiger partial charge in [0.1, 0.15) is 24.2 Å². The van der Waals surface area contributed by atoms with Crippen molar-refractivity contribution in [3.8, 4) is 11.8 Å². The van der Waals surface area contributed by atoms with E-state index in [0.29, 0.717) is 17.0 Å². The first kappa shape index (κ1) is 25.4. The second-order valence-corrected chi connectivity index (χ2v) is 11.2. The minimum atomic E-state index is -3.46. The summed E-state index contributed by atoms with van der Waals surface area (Å²) in [6, 6.07) is 13.7. The highest BCUT2D eigenvalue weighted by atomic mass is 32.2. The zero-order valence-electron chi connectivity index (χ0n) is 20.7. The van der Waals surface area contributed by atoms with Gasteiger partial charge in [-0.25, -0.2) is 23.4 Å². The van der Waals surface area contributed by atoms with E-state index >= 15 is 0 Å². The van der Waals surface area contributed by atoms with E-state index in [-0.39, 0.29) is 18.0 Å². The largest absolute Gasteiger partial charge is 0.487 e. The lowest BCUT2D eigenvalue weighted by molar-refractivity contribution is 0.301. The summed E-state index contributed by atoms with van der Waals surface area (Å²) < 4.78 is 30.9. The van der Waals surface area contributed by atoms with Crippen LogP contribution in [-0.4, -0.2) is 42.7 Å². The molecule has 36 heavy (non-hydrogen) atoms. The van der Waals surface area contributed by atoms with Crippen LogP contribution in [0.2, 0.25) is 0 Å². The van der Waals surface area contributed by atoms with Crippen molar-refractivity contribution >= 4 is 21.8 Å². The fraction of sp³-hybridized carbons (Fsp3) is 0.385. The Balaban J connectivity index is 1.46. The quantitative estimate of drug-likeness (QED) is 0.486. The molecule has 9 nitrogen and oxygen atoms in total. The molecule has 4 rings (SSSR count). The second-order valence-electron chi connectivity index (χ2n) is 9.44. The summed E-state index contributed by atoms with van der Waals surface area (Å²) in [5.74, 6) is 1.44. The van der Waals surface area contributed by atoms with Gasteiger partial charge in [-0.3, -0.25) is 4.72 Å². The molecule has 0 amide bonds. The fourth-order valence-electron chi connectivity index (χ4n) is 4.22. The number of anilines is 2. The SMILES string of the molecule is CC(C)(c1ccc(OCc2ccnc(NS(C)(=O)=O)n2)cc1)c1cnc(N2CCCCC2)c(C#N)c1. The summed E-state index contributed by atoms with van der Waals surface area (Å²) in [6.07, 6.45) is 7.89. The number of aromatic nitrogens is 3. The first-order valence-electron chi connectivity index (χ1n) is 11.8. The lowest BCUT2D eigenvalue weighted by atomic mass is 9.78. The van der Waals surface area contributed by atoms with E-state index in [1.807, 2.05) is 36.5 Å². The summed E-state index contributed by atoms with van der Waals surface area (Å²) in [4.78, 5) is 15.0.